The minimum absolute atomic E-state index is 0.159. The molecule has 2 aromatic heterocycles. The second-order valence-corrected chi connectivity index (χ2v) is 8.48. The number of H-pyrrole nitrogens is 2. The Bertz CT molecular complexity index is 1590. The van der Waals surface area contributed by atoms with E-state index in [-0.39, 0.29) is 15.7 Å². The topological polar surface area (TPSA) is 112 Å². The molecule has 0 aliphatic carbocycles. The number of hydrogen-bond donors (Lipinski definition) is 4. The van der Waals surface area contributed by atoms with Gasteiger partial charge in [-0.1, -0.05) is 59.6 Å². The van der Waals surface area contributed by atoms with Gasteiger partial charge in [-0.15, -0.1) is 0 Å². The molecule has 0 fully saturated rings. The summed E-state index contributed by atoms with van der Waals surface area (Å²) in [7, 11) is 0. The van der Waals surface area contributed by atoms with Gasteiger partial charge in [0, 0.05) is 16.0 Å². The molecule has 0 bridgehead atoms. The lowest BCUT2D eigenvalue weighted by atomic mass is 10.1. The molecular formula is C25H17Cl2FN6O. The maximum Gasteiger partial charge on any atom is 0.258 e. The molecule has 5 N–H and O–H groups in total. The molecule has 3 aromatic carbocycles. The van der Waals surface area contributed by atoms with Gasteiger partial charge in [0.1, 0.15) is 16.7 Å². The van der Waals surface area contributed by atoms with Gasteiger partial charge in [0.25, 0.3) is 5.91 Å². The first-order chi connectivity index (χ1) is 16.9. The van der Waals surface area contributed by atoms with Crippen LogP contribution in [0.2, 0.25) is 10.2 Å². The fourth-order valence-corrected chi connectivity index (χ4v) is 4.00. The highest BCUT2D eigenvalue weighted by Gasteiger charge is 2.19. The van der Waals surface area contributed by atoms with E-state index < -0.39 is 11.7 Å². The molecule has 10 heteroatoms. The number of nitrogens with two attached hydrogens (primary N) is 1. The van der Waals surface area contributed by atoms with Crippen LogP contribution < -0.4 is 11.1 Å². The van der Waals surface area contributed by atoms with Gasteiger partial charge in [-0.3, -0.25) is 9.89 Å². The van der Waals surface area contributed by atoms with Crippen LogP contribution in [0, 0.1) is 5.82 Å². The first kappa shape index (κ1) is 22.6. The number of rotatable bonds is 5. The van der Waals surface area contributed by atoms with Crippen molar-refractivity contribution in [2.75, 3.05) is 5.73 Å². The van der Waals surface area contributed by atoms with E-state index in [1.54, 1.807) is 6.08 Å². The zero-order valence-corrected chi connectivity index (χ0v) is 19.5. The number of fused-ring (bicyclic) bond motifs is 1. The lowest BCUT2D eigenvalue weighted by Crippen LogP contribution is -2.23. The highest BCUT2D eigenvalue weighted by atomic mass is 35.5. The average molecular weight is 507 g/mol. The summed E-state index contributed by atoms with van der Waals surface area (Å²) in [5.74, 6) is -0.712. The second-order valence-electron chi connectivity index (χ2n) is 7.66. The van der Waals surface area contributed by atoms with Crippen molar-refractivity contribution in [1.29, 1.82) is 0 Å². The fraction of sp³-hybridized carbons (Fsp3) is 0. The van der Waals surface area contributed by atoms with Crippen molar-refractivity contribution in [2.24, 2.45) is 0 Å². The highest BCUT2D eigenvalue weighted by Crippen LogP contribution is 2.31. The number of benzene rings is 3. The number of hydrogen-bond acceptors (Lipinski definition) is 4. The number of aromatic amines is 2. The third-order valence-corrected chi connectivity index (χ3v) is 5.82. The standard InChI is InChI=1S/C25H17Cl2FN6O/c26-15-7-9-16(18(28)12-15)25(35)30-20(10-13-4-2-1-3-5-13)24-31-21(22(27)32-24)14-6-8-17-19(11-14)33-34-23(17)29/h1-12H,(H,30,35)(H,31,32)(H3,29,33,34). The highest BCUT2D eigenvalue weighted by molar-refractivity contribution is 6.32. The summed E-state index contributed by atoms with van der Waals surface area (Å²) in [6.45, 7) is 0. The summed E-state index contributed by atoms with van der Waals surface area (Å²) in [4.78, 5) is 20.6. The van der Waals surface area contributed by atoms with E-state index >= 15 is 0 Å². The number of imidazole rings is 1. The van der Waals surface area contributed by atoms with E-state index in [0.29, 0.717) is 28.6 Å². The normalized spacial score (nSPS) is 11.7. The molecule has 174 valence electrons. The Morgan fingerprint density at radius 3 is 2.63 bits per heavy atom. The van der Waals surface area contributed by atoms with Gasteiger partial charge < -0.3 is 16.0 Å². The van der Waals surface area contributed by atoms with Crippen LogP contribution in [0.1, 0.15) is 21.7 Å². The molecule has 7 nitrogen and oxygen atoms in total. The average Bonchev–Trinajstić information content (AvgIpc) is 3.41. The molecule has 35 heavy (non-hydrogen) atoms. The molecule has 5 aromatic rings. The first-order valence-corrected chi connectivity index (χ1v) is 11.2. The number of carbonyl (C=O) groups is 1. The Kier molecular flexibility index (Phi) is 5.98. The Labute approximate surface area is 208 Å². The summed E-state index contributed by atoms with van der Waals surface area (Å²) < 4.78 is 14.4. The third kappa shape index (κ3) is 4.62. The molecule has 0 atom stereocenters. The lowest BCUT2D eigenvalue weighted by molar-refractivity contribution is 0.0969. The van der Waals surface area contributed by atoms with Crippen LogP contribution >= 0.6 is 23.2 Å². The number of nitrogens with one attached hydrogen (secondary N) is 3. The SMILES string of the molecule is Nc1n[nH]c2cc(-c3nc(C(=Cc4ccccc4)NC(=O)c4ccc(Cl)cc4F)[nH]c3Cl)ccc12. The summed E-state index contributed by atoms with van der Waals surface area (Å²) in [6.07, 6.45) is 1.71. The molecule has 0 unspecified atom stereocenters. The minimum Gasteiger partial charge on any atom is -0.382 e. The summed E-state index contributed by atoms with van der Waals surface area (Å²) in [5.41, 5.74) is 8.69. The maximum atomic E-state index is 14.4. The molecule has 0 saturated heterocycles. The molecule has 5 rings (SSSR count). The molecule has 0 spiro atoms. The monoisotopic (exact) mass is 506 g/mol. The Hall–Kier alpha value is -4.14. The van der Waals surface area contributed by atoms with Crippen LogP contribution in [0.3, 0.4) is 0 Å². The van der Waals surface area contributed by atoms with Crippen molar-refractivity contribution in [1.82, 2.24) is 25.5 Å². The van der Waals surface area contributed by atoms with E-state index in [1.165, 1.54) is 12.1 Å². The van der Waals surface area contributed by atoms with Gasteiger partial charge in [0.05, 0.1) is 16.8 Å². The Morgan fingerprint density at radius 1 is 1.06 bits per heavy atom. The van der Waals surface area contributed by atoms with E-state index in [2.05, 4.69) is 25.5 Å². The lowest BCUT2D eigenvalue weighted by Gasteiger charge is -2.09. The van der Waals surface area contributed by atoms with E-state index in [9.17, 15) is 9.18 Å². The maximum absolute atomic E-state index is 14.4. The first-order valence-electron chi connectivity index (χ1n) is 10.4. The van der Waals surface area contributed by atoms with Gasteiger partial charge in [0.2, 0.25) is 0 Å². The van der Waals surface area contributed by atoms with Crippen LogP contribution in [-0.2, 0) is 0 Å². The van der Waals surface area contributed by atoms with Crippen molar-refractivity contribution in [3.63, 3.8) is 0 Å². The number of carbonyl (C=O) groups excluding carboxylic acids is 1. The number of anilines is 1. The fourth-order valence-electron chi connectivity index (χ4n) is 3.60. The molecule has 1 amide bonds. The number of aromatic nitrogens is 4. The molecular weight excluding hydrogens is 490 g/mol. The van der Waals surface area contributed by atoms with Crippen molar-refractivity contribution >= 4 is 57.6 Å². The predicted molar refractivity (Wildman–Crippen MR) is 136 cm³/mol. The van der Waals surface area contributed by atoms with Crippen LogP contribution in [0.25, 0.3) is 33.9 Å². The zero-order valence-electron chi connectivity index (χ0n) is 17.9. The van der Waals surface area contributed by atoms with Gasteiger partial charge in [0.15, 0.2) is 11.6 Å². The third-order valence-electron chi connectivity index (χ3n) is 5.32. The van der Waals surface area contributed by atoms with Crippen molar-refractivity contribution in [2.45, 2.75) is 0 Å². The van der Waals surface area contributed by atoms with Crippen LogP contribution in [-0.4, -0.2) is 26.1 Å². The molecule has 0 radical (unpaired) electrons. The molecule has 0 aliphatic rings. The Morgan fingerprint density at radius 2 is 1.86 bits per heavy atom. The number of nitrogens with zero attached hydrogens (tertiary/aromatic N) is 2. The van der Waals surface area contributed by atoms with Crippen LogP contribution in [0.5, 0.6) is 0 Å². The zero-order chi connectivity index (χ0) is 24.5. The van der Waals surface area contributed by atoms with Gasteiger partial charge in [-0.05, 0) is 42.0 Å². The van der Waals surface area contributed by atoms with Crippen molar-refractivity contribution in [3.05, 3.63) is 99.7 Å². The smallest absolute Gasteiger partial charge is 0.258 e. The van der Waals surface area contributed by atoms with Crippen molar-refractivity contribution in [3.8, 4) is 11.3 Å². The second kappa shape index (κ2) is 9.25. The van der Waals surface area contributed by atoms with Gasteiger partial charge in [-0.2, -0.15) is 5.10 Å². The quantitative estimate of drug-likeness (QED) is 0.237. The van der Waals surface area contributed by atoms with Crippen LogP contribution in [0.15, 0.2) is 66.7 Å². The number of nitrogen functional groups attached to an aromatic ring is 1. The van der Waals surface area contributed by atoms with E-state index in [4.69, 9.17) is 28.9 Å². The molecule has 0 saturated carbocycles. The number of amides is 1. The summed E-state index contributed by atoms with van der Waals surface area (Å²) in [6, 6.07) is 18.6. The van der Waals surface area contributed by atoms with Gasteiger partial charge in [-0.25, -0.2) is 9.37 Å². The van der Waals surface area contributed by atoms with E-state index in [1.807, 2.05) is 48.5 Å². The summed E-state index contributed by atoms with van der Waals surface area (Å²) >= 11 is 12.3. The van der Waals surface area contributed by atoms with Crippen molar-refractivity contribution < 1.29 is 9.18 Å². The molecule has 2 heterocycles. The predicted octanol–water partition coefficient (Wildman–Crippen LogP) is 5.91. The van der Waals surface area contributed by atoms with E-state index in [0.717, 1.165) is 22.5 Å². The minimum atomic E-state index is -0.737. The number of halogens is 3. The van der Waals surface area contributed by atoms with Gasteiger partial charge >= 0.3 is 0 Å². The van der Waals surface area contributed by atoms with Crippen LogP contribution in [0.4, 0.5) is 10.2 Å². The molecule has 0 aliphatic heterocycles. The summed E-state index contributed by atoms with van der Waals surface area (Å²) in [5, 5.41) is 10.8. The Balaban J connectivity index is 1.55. The largest absolute Gasteiger partial charge is 0.382 e.